The molecule has 19 heavy (non-hydrogen) atoms. The fourth-order valence-electron chi connectivity index (χ4n) is 1.50. The van der Waals surface area contributed by atoms with E-state index in [9.17, 15) is 0 Å². The van der Waals surface area contributed by atoms with Crippen molar-refractivity contribution in [2.24, 2.45) is 0 Å². The van der Waals surface area contributed by atoms with Gasteiger partial charge >= 0.3 is 0 Å². The molecule has 0 aliphatic rings. The number of aromatic nitrogens is 2. The Bertz CT molecular complexity index is 602. The molecule has 0 bridgehead atoms. The zero-order chi connectivity index (χ0) is 14.0. The Hall–Kier alpha value is -0.840. The van der Waals surface area contributed by atoms with E-state index in [0.717, 1.165) is 10.2 Å². The van der Waals surface area contributed by atoms with Gasteiger partial charge in [0.1, 0.15) is 16.8 Å². The molecule has 100 valence electrons. The van der Waals surface area contributed by atoms with Gasteiger partial charge in [0.05, 0.1) is 15.2 Å². The quantitative estimate of drug-likeness (QED) is 0.743. The molecule has 1 aromatic carbocycles. The Morgan fingerprint density at radius 3 is 2.63 bits per heavy atom. The summed E-state index contributed by atoms with van der Waals surface area (Å²) in [5, 5.41) is 4.23. The highest BCUT2D eigenvalue weighted by atomic mass is 79.9. The van der Waals surface area contributed by atoms with Crippen LogP contribution in [-0.2, 0) is 0 Å². The first-order chi connectivity index (χ1) is 8.97. The standard InChI is InChI=1S/C13H12BrCl2N3/c1-7(2)13-18-10(16)6-11(19-13)17-9-5-3-4-8(15)12(9)14/h3-7H,1-2H3,(H,17,18,19). The molecule has 0 aliphatic carbocycles. The van der Waals surface area contributed by atoms with E-state index in [1.807, 2.05) is 32.0 Å². The van der Waals surface area contributed by atoms with Crippen molar-refractivity contribution in [3.8, 4) is 0 Å². The van der Waals surface area contributed by atoms with Crippen molar-refractivity contribution in [3.63, 3.8) is 0 Å². The van der Waals surface area contributed by atoms with Gasteiger partial charge in [-0.1, -0.05) is 43.1 Å². The number of anilines is 2. The van der Waals surface area contributed by atoms with E-state index < -0.39 is 0 Å². The van der Waals surface area contributed by atoms with Crippen LogP contribution in [0.5, 0.6) is 0 Å². The van der Waals surface area contributed by atoms with Crippen molar-refractivity contribution in [1.82, 2.24) is 9.97 Å². The van der Waals surface area contributed by atoms with Crippen LogP contribution in [0.25, 0.3) is 0 Å². The third-order valence-electron chi connectivity index (χ3n) is 2.44. The summed E-state index contributed by atoms with van der Waals surface area (Å²) in [6.07, 6.45) is 0. The number of rotatable bonds is 3. The van der Waals surface area contributed by atoms with Gasteiger partial charge in [0, 0.05) is 12.0 Å². The summed E-state index contributed by atoms with van der Waals surface area (Å²) < 4.78 is 0.789. The van der Waals surface area contributed by atoms with E-state index in [1.165, 1.54) is 0 Å². The third kappa shape index (κ3) is 3.59. The zero-order valence-corrected chi connectivity index (χ0v) is 13.5. The van der Waals surface area contributed by atoms with Crippen LogP contribution in [0.1, 0.15) is 25.6 Å². The maximum atomic E-state index is 6.05. The number of halogens is 3. The first-order valence-corrected chi connectivity index (χ1v) is 7.28. The topological polar surface area (TPSA) is 37.8 Å². The van der Waals surface area contributed by atoms with Gasteiger partial charge in [-0.2, -0.15) is 0 Å². The lowest BCUT2D eigenvalue weighted by atomic mass is 10.2. The Labute approximate surface area is 130 Å². The Morgan fingerprint density at radius 2 is 1.95 bits per heavy atom. The molecule has 0 fully saturated rings. The number of hydrogen-bond donors (Lipinski definition) is 1. The van der Waals surface area contributed by atoms with Crippen molar-refractivity contribution >= 4 is 50.6 Å². The highest BCUT2D eigenvalue weighted by molar-refractivity contribution is 9.10. The number of benzene rings is 1. The van der Waals surface area contributed by atoms with Gasteiger partial charge in [0.15, 0.2) is 0 Å². The van der Waals surface area contributed by atoms with Crippen molar-refractivity contribution in [2.45, 2.75) is 19.8 Å². The van der Waals surface area contributed by atoms with Crippen molar-refractivity contribution in [1.29, 1.82) is 0 Å². The minimum absolute atomic E-state index is 0.210. The van der Waals surface area contributed by atoms with E-state index in [2.05, 4.69) is 31.2 Å². The second-order valence-electron chi connectivity index (χ2n) is 4.32. The molecule has 2 rings (SSSR count). The van der Waals surface area contributed by atoms with Crippen molar-refractivity contribution < 1.29 is 0 Å². The minimum atomic E-state index is 0.210. The highest BCUT2D eigenvalue weighted by Crippen LogP contribution is 2.32. The smallest absolute Gasteiger partial charge is 0.135 e. The second kappa shape index (κ2) is 6.07. The molecule has 0 radical (unpaired) electrons. The number of nitrogens with zero attached hydrogens (tertiary/aromatic N) is 2. The normalized spacial score (nSPS) is 10.8. The van der Waals surface area contributed by atoms with Crippen molar-refractivity contribution in [2.75, 3.05) is 5.32 Å². The molecule has 3 nitrogen and oxygen atoms in total. The molecular weight excluding hydrogens is 349 g/mol. The summed E-state index contributed by atoms with van der Waals surface area (Å²) in [7, 11) is 0. The Balaban J connectivity index is 2.35. The van der Waals surface area contributed by atoms with Gasteiger partial charge in [-0.3, -0.25) is 0 Å². The van der Waals surface area contributed by atoms with Gasteiger partial charge in [-0.15, -0.1) is 0 Å². The van der Waals surface area contributed by atoms with Gasteiger partial charge in [-0.25, -0.2) is 9.97 Å². The maximum Gasteiger partial charge on any atom is 0.135 e. The summed E-state index contributed by atoms with van der Waals surface area (Å²) in [4.78, 5) is 8.62. The average Bonchev–Trinajstić information content (AvgIpc) is 2.34. The summed E-state index contributed by atoms with van der Waals surface area (Å²) in [5.74, 6) is 1.56. The summed E-state index contributed by atoms with van der Waals surface area (Å²) in [5.41, 5.74) is 0.831. The summed E-state index contributed by atoms with van der Waals surface area (Å²) >= 11 is 15.5. The molecule has 0 saturated carbocycles. The van der Waals surface area contributed by atoms with Crippen LogP contribution in [0.15, 0.2) is 28.7 Å². The Morgan fingerprint density at radius 1 is 1.21 bits per heavy atom. The SMILES string of the molecule is CC(C)c1nc(Cl)cc(Nc2cccc(Cl)c2Br)n1. The molecule has 6 heteroatoms. The molecule has 1 aromatic heterocycles. The van der Waals surface area contributed by atoms with E-state index >= 15 is 0 Å². The van der Waals surface area contributed by atoms with E-state index in [4.69, 9.17) is 23.2 Å². The number of hydrogen-bond acceptors (Lipinski definition) is 3. The summed E-state index contributed by atoms with van der Waals surface area (Å²) in [6, 6.07) is 7.26. The van der Waals surface area contributed by atoms with E-state index in [0.29, 0.717) is 21.8 Å². The van der Waals surface area contributed by atoms with Crippen LogP contribution < -0.4 is 5.32 Å². The first-order valence-electron chi connectivity index (χ1n) is 5.73. The van der Waals surface area contributed by atoms with Crippen LogP contribution in [0.4, 0.5) is 11.5 Å². The molecule has 0 saturated heterocycles. The van der Waals surface area contributed by atoms with Crippen LogP contribution in [0.2, 0.25) is 10.2 Å². The largest absolute Gasteiger partial charge is 0.339 e. The zero-order valence-electron chi connectivity index (χ0n) is 10.4. The molecule has 1 heterocycles. The predicted molar refractivity (Wildman–Crippen MR) is 83.6 cm³/mol. The van der Waals surface area contributed by atoms with Crippen LogP contribution in [0.3, 0.4) is 0 Å². The van der Waals surface area contributed by atoms with Gasteiger partial charge in [0.25, 0.3) is 0 Å². The minimum Gasteiger partial charge on any atom is -0.339 e. The lowest BCUT2D eigenvalue weighted by molar-refractivity contribution is 0.776. The fraction of sp³-hybridized carbons (Fsp3) is 0.231. The van der Waals surface area contributed by atoms with E-state index in [-0.39, 0.29) is 5.92 Å². The lowest BCUT2D eigenvalue weighted by Crippen LogP contribution is -2.02. The number of nitrogens with one attached hydrogen (secondary N) is 1. The molecule has 0 amide bonds. The molecule has 0 atom stereocenters. The average molecular weight is 361 g/mol. The monoisotopic (exact) mass is 359 g/mol. The van der Waals surface area contributed by atoms with Crippen LogP contribution >= 0.6 is 39.1 Å². The molecule has 0 aliphatic heterocycles. The Kier molecular flexibility index (Phi) is 4.66. The molecular formula is C13H12BrCl2N3. The van der Waals surface area contributed by atoms with Crippen LogP contribution in [-0.4, -0.2) is 9.97 Å². The second-order valence-corrected chi connectivity index (χ2v) is 5.90. The fourth-order valence-corrected chi connectivity index (χ4v) is 2.22. The first kappa shape index (κ1) is 14.6. The molecule has 0 unspecified atom stereocenters. The van der Waals surface area contributed by atoms with Gasteiger partial charge < -0.3 is 5.32 Å². The molecule has 2 aromatic rings. The highest BCUT2D eigenvalue weighted by Gasteiger charge is 2.09. The van der Waals surface area contributed by atoms with E-state index in [1.54, 1.807) is 6.07 Å². The maximum absolute atomic E-state index is 6.05. The third-order valence-corrected chi connectivity index (χ3v) is 4.03. The molecule has 0 spiro atoms. The van der Waals surface area contributed by atoms with Gasteiger partial charge in [0.2, 0.25) is 0 Å². The predicted octanol–water partition coefficient (Wildman–Crippen LogP) is 5.41. The summed E-state index contributed by atoms with van der Waals surface area (Å²) in [6.45, 7) is 4.04. The molecule has 1 N–H and O–H groups in total. The lowest BCUT2D eigenvalue weighted by Gasteiger charge is -2.11. The van der Waals surface area contributed by atoms with Crippen LogP contribution in [0, 0.1) is 0 Å². The van der Waals surface area contributed by atoms with Crippen molar-refractivity contribution in [3.05, 3.63) is 44.7 Å². The van der Waals surface area contributed by atoms with Gasteiger partial charge in [-0.05, 0) is 28.1 Å².